The number of nitrogens with one attached hydrogen (secondary N) is 1. The van der Waals surface area contributed by atoms with Crippen molar-refractivity contribution in [3.05, 3.63) is 29.8 Å². The minimum Gasteiger partial charge on any atom is -0.481 e. The van der Waals surface area contributed by atoms with E-state index in [1.807, 2.05) is 24.3 Å². The molecule has 0 aliphatic heterocycles. The fraction of sp³-hybridized carbons (Fsp3) is 0.467. The van der Waals surface area contributed by atoms with Gasteiger partial charge in [0.2, 0.25) is 5.91 Å². The van der Waals surface area contributed by atoms with Gasteiger partial charge in [0.05, 0.1) is 5.75 Å². The number of hydrogen-bond donors (Lipinski definition) is 2. The van der Waals surface area contributed by atoms with Gasteiger partial charge >= 0.3 is 5.97 Å². The average molecular weight is 295 g/mol. The highest BCUT2D eigenvalue weighted by molar-refractivity contribution is 7.99. The number of hydrogen-bond acceptors (Lipinski definition) is 3. The molecule has 0 radical (unpaired) electrons. The molecule has 20 heavy (non-hydrogen) atoms. The maximum atomic E-state index is 11.7. The van der Waals surface area contributed by atoms with Crippen LogP contribution in [0.15, 0.2) is 24.3 Å². The molecule has 0 atom stereocenters. The molecule has 110 valence electrons. The van der Waals surface area contributed by atoms with E-state index in [1.165, 1.54) is 0 Å². The lowest BCUT2D eigenvalue weighted by molar-refractivity contribution is -0.137. The lowest BCUT2D eigenvalue weighted by Crippen LogP contribution is -2.14. The number of thioether (sulfide) groups is 1. The summed E-state index contributed by atoms with van der Waals surface area (Å²) in [6, 6.07) is 7.32. The molecule has 0 heterocycles. The highest BCUT2D eigenvalue weighted by Gasteiger charge is 2.03. The number of unbranched alkanes of at least 4 members (excludes halogenated alkanes) is 1. The van der Waals surface area contributed by atoms with Crippen LogP contribution in [0.2, 0.25) is 0 Å². The molecule has 0 aromatic heterocycles. The van der Waals surface area contributed by atoms with Crippen LogP contribution in [0.4, 0.5) is 5.69 Å². The van der Waals surface area contributed by atoms with Crippen LogP contribution in [0.25, 0.3) is 0 Å². The van der Waals surface area contributed by atoms with Gasteiger partial charge in [-0.25, -0.2) is 0 Å². The fourth-order valence-corrected chi connectivity index (χ4v) is 2.51. The minimum absolute atomic E-state index is 0.00406. The molecule has 0 unspecified atom stereocenters. The number of rotatable bonds is 9. The van der Waals surface area contributed by atoms with Crippen molar-refractivity contribution in [3.8, 4) is 0 Å². The third kappa shape index (κ3) is 7.19. The molecule has 0 spiro atoms. The Morgan fingerprint density at radius 3 is 2.55 bits per heavy atom. The highest BCUT2D eigenvalue weighted by Crippen LogP contribution is 2.12. The Balaban J connectivity index is 2.33. The summed E-state index contributed by atoms with van der Waals surface area (Å²) in [7, 11) is 0. The molecule has 0 saturated carbocycles. The molecule has 2 N–H and O–H groups in total. The van der Waals surface area contributed by atoms with Gasteiger partial charge < -0.3 is 10.4 Å². The predicted octanol–water partition coefficient (Wildman–Crippen LogP) is 3.18. The molecular weight excluding hydrogens is 274 g/mol. The molecule has 1 aromatic carbocycles. The van der Waals surface area contributed by atoms with Gasteiger partial charge in [-0.15, -0.1) is 0 Å². The van der Waals surface area contributed by atoms with Gasteiger partial charge in [-0.1, -0.05) is 25.5 Å². The van der Waals surface area contributed by atoms with Gasteiger partial charge in [0, 0.05) is 12.1 Å². The average Bonchev–Trinajstić information content (AvgIpc) is 2.43. The number of carboxylic acids is 1. The van der Waals surface area contributed by atoms with Crippen molar-refractivity contribution in [2.45, 2.75) is 32.6 Å². The number of aryl methyl sites for hydroxylation is 1. The molecule has 0 bridgehead atoms. The van der Waals surface area contributed by atoms with Crippen molar-refractivity contribution in [1.82, 2.24) is 0 Å². The van der Waals surface area contributed by atoms with Crippen LogP contribution in [0.1, 0.15) is 31.7 Å². The summed E-state index contributed by atoms with van der Waals surface area (Å²) in [6.07, 6.45) is 2.92. The summed E-state index contributed by atoms with van der Waals surface area (Å²) in [6.45, 7) is 2.13. The summed E-state index contributed by atoms with van der Waals surface area (Å²) < 4.78 is 0. The van der Waals surface area contributed by atoms with Crippen LogP contribution in [0.3, 0.4) is 0 Å². The number of aliphatic carboxylic acids is 1. The molecule has 1 amide bonds. The zero-order valence-electron chi connectivity index (χ0n) is 11.7. The second-order valence-electron chi connectivity index (χ2n) is 4.54. The minimum atomic E-state index is -0.800. The number of carbonyl (C=O) groups excluding carboxylic acids is 1. The summed E-state index contributed by atoms with van der Waals surface area (Å²) in [5.74, 6) is 0.689. The maximum absolute atomic E-state index is 11.7. The first-order valence-electron chi connectivity index (χ1n) is 6.80. The second-order valence-corrected chi connectivity index (χ2v) is 5.65. The van der Waals surface area contributed by atoms with Crippen molar-refractivity contribution in [2.24, 2.45) is 0 Å². The van der Waals surface area contributed by atoms with E-state index in [4.69, 9.17) is 5.11 Å². The fourth-order valence-electron chi connectivity index (χ4n) is 1.61. The number of anilines is 1. The van der Waals surface area contributed by atoms with Crippen molar-refractivity contribution < 1.29 is 14.7 Å². The monoisotopic (exact) mass is 295 g/mol. The largest absolute Gasteiger partial charge is 0.481 e. The zero-order chi connectivity index (χ0) is 14.8. The summed E-state index contributed by atoms with van der Waals surface area (Å²) in [5.41, 5.74) is 1.72. The Morgan fingerprint density at radius 2 is 1.95 bits per heavy atom. The van der Waals surface area contributed by atoms with Crippen LogP contribution >= 0.6 is 11.8 Å². The molecule has 0 aliphatic carbocycles. The maximum Gasteiger partial charge on any atom is 0.303 e. The third-order valence-corrected chi connectivity index (χ3v) is 3.78. The molecule has 0 fully saturated rings. The van der Waals surface area contributed by atoms with Gasteiger partial charge in [-0.05, 0) is 36.3 Å². The first-order valence-corrected chi connectivity index (χ1v) is 7.95. The van der Waals surface area contributed by atoms with E-state index >= 15 is 0 Å². The molecular formula is C15H21NO3S. The third-order valence-electron chi connectivity index (χ3n) is 2.74. The number of carboxylic acid groups (broad SMARTS) is 1. The first kappa shape index (κ1) is 16.6. The Kier molecular flexibility index (Phi) is 7.80. The van der Waals surface area contributed by atoms with Crippen LogP contribution < -0.4 is 5.32 Å². The molecule has 1 rings (SSSR count). The van der Waals surface area contributed by atoms with Crippen molar-refractivity contribution in [2.75, 3.05) is 16.8 Å². The Labute approximate surface area is 124 Å². The molecule has 0 saturated heterocycles. The predicted molar refractivity (Wildman–Crippen MR) is 83.3 cm³/mol. The number of amides is 1. The number of carbonyl (C=O) groups is 2. The Bertz CT molecular complexity index is 431. The van der Waals surface area contributed by atoms with E-state index in [0.717, 1.165) is 29.8 Å². The smallest absolute Gasteiger partial charge is 0.303 e. The van der Waals surface area contributed by atoms with E-state index in [0.29, 0.717) is 12.2 Å². The lowest BCUT2D eigenvalue weighted by atomic mass is 10.1. The van der Waals surface area contributed by atoms with Gasteiger partial charge in [0.25, 0.3) is 0 Å². The molecule has 0 aliphatic rings. The normalized spacial score (nSPS) is 10.2. The first-order chi connectivity index (χ1) is 9.61. The summed E-state index contributed by atoms with van der Waals surface area (Å²) in [4.78, 5) is 22.1. The van der Waals surface area contributed by atoms with E-state index in [9.17, 15) is 9.59 Å². The quantitative estimate of drug-likeness (QED) is 0.687. The summed E-state index contributed by atoms with van der Waals surface area (Å²) in [5, 5.41) is 11.4. The van der Waals surface area contributed by atoms with Gasteiger partial charge in [0.1, 0.15) is 0 Å². The van der Waals surface area contributed by atoms with Crippen LogP contribution in [0, 0.1) is 0 Å². The van der Waals surface area contributed by atoms with E-state index in [2.05, 4.69) is 12.2 Å². The standard InChI is InChI=1S/C15H21NO3S/c1-2-3-10-20-11-14(17)16-13-7-4-12(5-8-13)6-9-15(18)19/h4-5,7-8H,2-3,6,9-11H2,1H3,(H,16,17)(H,18,19). The Morgan fingerprint density at radius 1 is 1.25 bits per heavy atom. The Hall–Kier alpha value is -1.49. The van der Waals surface area contributed by atoms with E-state index in [1.54, 1.807) is 11.8 Å². The van der Waals surface area contributed by atoms with Crippen molar-refractivity contribution in [1.29, 1.82) is 0 Å². The highest BCUT2D eigenvalue weighted by atomic mass is 32.2. The van der Waals surface area contributed by atoms with Crippen molar-refractivity contribution in [3.63, 3.8) is 0 Å². The number of benzene rings is 1. The van der Waals surface area contributed by atoms with Gasteiger partial charge in [-0.2, -0.15) is 11.8 Å². The topological polar surface area (TPSA) is 66.4 Å². The molecule has 4 nitrogen and oxygen atoms in total. The van der Waals surface area contributed by atoms with Crippen LogP contribution in [-0.4, -0.2) is 28.5 Å². The SMILES string of the molecule is CCCCSCC(=O)Nc1ccc(CCC(=O)O)cc1. The van der Waals surface area contributed by atoms with Crippen LogP contribution in [-0.2, 0) is 16.0 Å². The van der Waals surface area contributed by atoms with Gasteiger partial charge in [-0.3, -0.25) is 9.59 Å². The van der Waals surface area contributed by atoms with Crippen molar-refractivity contribution >= 4 is 29.3 Å². The second kappa shape index (κ2) is 9.42. The van der Waals surface area contributed by atoms with E-state index < -0.39 is 5.97 Å². The van der Waals surface area contributed by atoms with Gasteiger partial charge in [0.15, 0.2) is 0 Å². The van der Waals surface area contributed by atoms with E-state index in [-0.39, 0.29) is 12.3 Å². The molecule has 5 heteroatoms. The molecule has 1 aromatic rings. The van der Waals surface area contributed by atoms with Crippen LogP contribution in [0.5, 0.6) is 0 Å². The summed E-state index contributed by atoms with van der Waals surface area (Å²) >= 11 is 1.64. The lowest BCUT2D eigenvalue weighted by Gasteiger charge is -2.06. The zero-order valence-corrected chi connectivity index (χ0v) is 12.5.